The van der Waals surface area contributed by atoms with Crippen molar-refractivity contribution in [2.45, 2.75) is 11.8 Å². The normalized spacial score (nSPS) is 12.5. The van der Waals surface area contributed by atoms with Crippen LogP contribution in [-0.4, -0.2) is 6.61 Å². The average molecular weight is 492 g/mol. The third-order valence-electron chi connectivity index (χ3n) is 2.50. The third-order valence-corrected chi connectivity index (χ3v) is 5.96. The van der Waals surface area contributed by atoms with E-state index in [0.717, 1.165) is 5.56 Å². The molecule has 2 rings (SSSR count). The molecular formula is C13H10BrCl2IOS. The van der Waals surface area contributed by atoms with E-state index >= 15 is 0 Å². The number of thiophene rings is 1. The highest BCUT2D eigenvalue weighted by molar-refractivity contribution is 14.1. The Morgan fingerprint density at radius 3 is 2.63 bits per heavy atom. The van der Waals surface area contributed by atoms with Crippen LogP contribution in [0.1, 0.15) is 22.9 Å². The molecule has 0 spiro atoms. The lowest BCUT2D eigenvalue weighted by Crippen LogP contribution is -1.96. The number of halogens is 4. The SMILES string of the molecule is CCOc1cc(Cl)c(C(Br)c2csc(I)c2)cc1Cl. The largest absolute Gasteiger partial charge is 0.492 e. The van der Waals surface area contributed by atoms with E-state index in [1.807, 2.05) is 13.0 Å². The first kappa shape index (κ1) is 15.9. The molecule has 0 saturated carbocycles. The van der Waals surface area contributed by atoms with E-state index in [-0.39, 0.29) is 4.83 Å². The van der Waals surface area contributed by atoms with Crippen molar-refractivity contribution in [2.24, 2.45) is 0 Å². The van der Waals surface area contributed by atoms with Crippen LogP contribution in [0.4, 0.5) is 0 Å². The van der Waals surface area contributed by atoms with Crippen LogP contribution in [0.5, 0.6) is 5.75 Å². The highest BCUT2D eigenvalue weighted by Gasteiger charge is 2.18. The molecule has 19 heavy (non-hydrogen) atoms. The Balaban J connectivity index is 2.37. The van der Waals surface area contributed by atoms with Crippen LogP contribution >= 0.6 is 73.1 Å². The van der Waals surface area contributed by atoms with Crippen LogP contribution in [-0.2, 0) is 0 Å². The molecular weight excluding hydrogens is 482 g/mol. The van der Waals surface area contributed by atoms with Gasteiger partial charge >= 0.3 is 0 Å². The zero-order chi connectivity index (χ0) is 14.0. The van der Waals surface area contributed by atoms with E-state index < -0.39 is 0 Å². The zero-order valence-corrected chi connectivity index (χ0v) is 16.0. The molecule has 1 atom stereocenters. The lowest BCUT2D eigenvalue weighted by Gasteiger charge is -2.14. The number of alkyl halides is 1. The van der Waals surface area contributed by atoms with Crippen molar-refractivity contribution in [3.8, 4) is 5.75 Å². The fraction of sp³-hybridized carbons (Fsp3) is 0.231. The van der Waals surface area contributed by atoms with Gasteiger partial charge in [0.15, 0.2) is 0 Å². The van der Waals surface area contributed by atoms with Gasteiger partial charge in [0.25, 0.3) is 0 Å². The summed E-state index contributed by atoms with van der Waals surface area (Å²) >= 11 is 20.2. The molecule has 1 unspecified atom stereocenters. The van der Waals surface area contributed by atoms with Gasteiger partial charge in [-0.2, -0.15) is 0 Å². The standard InChI is InChI=1S/C13H10BrCl2IOS/c1-2-18-11-5-9(15)8(4-10(11)16)13(14)7-3-12(17)19-6-7/h3-6,13H,2H2,1H3. The Bertz CT molecular complexity index is 588. The van der Waals surface area contributed by atoms with E-state index in [9.17, 15) is 0 Å². The van der Waals surface area contributed by atoms with Crippen LogP contribution in [0.2, 0.25) is 10.0 Å². The molecule has 1 aromatic heterocycles. The molecule has 6 heteroatoms. The fourth-order valence-corrected chi connectivity index (χ4v) is 4.48. The van der Waals surface area contributed by atoms with Gasteiger partial charge in [-0.05, 0) is 58.2 Å². The van der Waals surface area contributed by atoms with Gasteiger partial charge in [0.1, 0.15) is 5.75 Å². The molecule has 0 aliphatic carbocycles. The lowest BCUT2D eigenvalue weighted by atomic mass is 10.1. The van der Waals surface area contributed by atoms with Gasteiger partial charge in [-0.1, -0.05) is 39.1 Å². The number of rotatable bonds is 4. The molecule has 1 aromatic carbocycles. The van der Waals surface area contributed by atoms with Crippen LogP contribution in [0.15, 0.2) is 23.6 Å². The Morgan fingerprint density at radius 2 is 2.05 bits per heavy atom. The third kappa shape index (κ3) is 3.79. The first-order chi connectivity index (χ1) is 9.02. The minimum atomic E-state index is 0.0351. The van der Waals surface area contributed by atoms with Gasteiger partial charge in [0.05, 0.1) is 19.3 Å². The summed E-state index contributed by atoms with van der Waals surface area (Å²) in [6, 6.07) is 5.76. The molecule has 0 aliphatic heterocycles. The zero-order valence-electron chi connectivity index (χ0n) is 9.92. The van der Waals surface area contributed by atoms with E-state index in [4.69, 9.17) is 27.9 Å². The number of hydrogen-bond acceptors (Lipinski definition) is 2. The Hall–Kier alpha value is 0.510. The van der Waals surface area contributed by atoms with Gasteiger partial charge in [0.2, 0.25) is 0 Å². The van der Waals surface area contributed by atoms with Crippen LogP contribution in [0, 0.1) is 2.88 Å². The summed E-state index contributed by atoms with van der Waals surface area (Å²) < 4.78 is 6.67. The lowest BCUT2D eigenvalue weighted by molar-refractivity contribution is 0.340. The summed E-state index contributed by atoms with van der Waals surface area (Å²) in [7, 11) is 0. The predicted octanol–water partition coefficient (Wildman–Crippen LogP) is 6.54. The molecule has 1 nitrogen and oxygen atoms in total. The predicted molar refractivity (Wildman–Crippen MR) is 95.4 cm³/mol. The Morgan fingerprint density at radius 1 is 1.32 bits per heavy atom. The van der Waals surface area contributed by atoms with Crippen molar-refractivity contribution in [1.29, 1.82) is 0 Å². The first-order valence-electron chi connectivity index (χ1n) is 5.52. The van der Waals surface area contributed by atoms with Crippen LogP contribution in [0.25, 0.3) is 0 Å². The number of ether oxygens (including phenoxy) is 1. The van der Waals surface area contributed by atoms with Gasteiger partial charge in [-0.15, -0.1) is 11.3 Å². The second kappa shape index (κ2) is 6.98. The highest BCUT2D eigenvalue weighted by atomic mass is 127. The fourth-order valence-electron chi connectivity index (χ4n) is 1.64. The van der Waals surface area contributed by atoms with Gasteiger partial charge in [0, 0.05) is 11.1 Å². The van der Waals surface area contributed by atoms with E-state index in [2.05, 4.69) is 50.0 Å². The molecule has 0 amide bonds. The number of hydrogen-bond donors (Lipinski definition) is 0. The van der Waals surface area contributed by atoms with Crippen molar-refractivity contribution in [2.75, 3.05) is 6.61 Å². The summed E-state index contributed by atoms with van der Waals surface area (Å²) in [5, 5.41) is 3.34. The maximum Gasteiger partial charge on any atom is 0.139 e. The monoisotopic (exact) mass is 490 g/mol. The summed E-state index contributed by atoms with van der Waals surface area (Å²) in [6.07, 6.45) is 0. The van der Waals surface area contributed by atoms with Gasteiger partial charge in [-0.3, -0.25) is 0 Å². The quantitative estimate of drug-likeness (QED) is 0.348. The summed E-state index contributed by atoms with van der Waals surface area (Å²) in [6.45, 7) is 2.48. The maximum atomic E-state index is 6.32. The Labute approximate surface area is 148 Å². The van der Waals surface area contributed by atoms with Gasteiger partial charge in [-0.25, -0.2) is 0 Å². The minimum absolute atomic E-state index is 0.0351. The van der Waals surface area contributed by atoms with Crippen molar-refractivity contribution in [3.63, 3.8) is 0 Å². The molecule has 2 aromatic rings. The van der Waals surface area contributed by atoms with Crippen molar-refractivity contribution >= 4 is 73.1 Å². The van der Waals surface area contributed by atoms with E-state index in [1.165, 1.54) is 8.45 Å². The molecule has 1 heterocycles. The molecule has 0 N–H and O–H groups in total. The van der Waals surface area contributed by atoms with Gasteiger partial charge < -0.3 is 4.74 Å². The van der Waals surface area contributed by atoms with E-state index in [1.54, 1.807) is 17.4 Å². The van der Waals surface area contributed by atoms with Crippen molar-refractivity contribution < 1.29 is 4.74 Å². The Kier molecular flexibility index (Phi) is 5.84. The topological polar surface area (TPSA) is 9.23 Å². The van der Waals surface area contributed by atoms with Crippen molar-refractivity contribution in [1.82, 2.24) is 0 Å². The van der Waals surface area contributed by atoms with Crippen LogP contribution in [0.3, 0.4) is 0 Å². The summed E-state index contributed by atoms with van der Waals surface area (Å²) in [5.74, 6) is 0.623. The van der Waals surface area contributed by atoms with Crippen molar-refractivity contribution in [3.05, 3.63) is 47.6 Å². The second-order valence-corrected chi connectivity index (χ2v) is 8.32. The van der Waals surface area contributed by atoms with Crippen LogP contribution < -0.4 is 4.74 Å². The highest BCUT2D eigenvalue weighted by Crippen LogP contribution is 2.41. The molecule has 0 radical (unpaired) electrons. The maximum absolute atomic E-state index is 6.32. The number of benzene rings is 1. The summed E-state index contributed by atoms with van der Waals surface area (Å²) in [5.41, 5.74) is 2.13. The first-order valence-corrected chi connectivity index (χ1v) is 9.15. The average Bonchev–Trinajstić information content (AvgIpc) is 2.79. The smallest absolute Gasteiger partial charge is 0.139 e. The molecule has 0 bridgehead atoms. The summed E-state index contributed by atoms with van der Waals surface area (Å²) in [4.78, 5) is 0.0351. The molecule has 0 aliphatic rings. The molecule has 0 saturated heterocycles. The second-order valence-electron chi connectivity index (χ2n) is 3.78. The minimum Gasteiger partial charge on any atom is -0.492 e. The van der Waals surface area contributed by atoms with E-state index in [0.29, 0.717) is 22.4 Å². The molecule has 0 fully saturated rings. The molecule has 102 valence electrons.